The number of benzene rings is 1. The average molecular weight is 249 g/mol. The highest BCUT2D eigenvalue weighted by Gasteiger charge is 2.11. The SMILES string of the molecule is CCCNCc1nnc(-c2cc(F)ccc2C)o1. The smallest absolute Gasteiger partial charge is 0.248 e. The Kier molecular flexibility index (Phi) is 4.04. The van der Waals surface area contributed by atoms with Gasteiger partial charge in [-0.3, -0.25) is 0 Å². The van der Waals surface area contributed by atoms with Crippen molar-refractivity contribution in [3.8, 4) is 11.5 Å². The summed E-state index contributed by atoms with van der Waals surface area (Å²) in [6.07, 6.45) is 1.05. The van der Waals surface area contributed by atoms with Gasteiger partial charge in [-0.15, -0.1) is 10.2 Å². The maximum Gasteiger partial charge on any atom is 0.248 e. The Morgan fingerprint density at radius 2 is 2.17 bits per heavy atom. The maximum atomic E-state index is 13.2. The second-order valence-corrected chi connectivity index (χ2v) is 4.14. The Labute approximate surface area is 105 Å². The molecule has 0 aliphatic heterocycles. The first-order valence-corrected chi connectivity index (χ1v) is 6.00. The molecule has 1 heterocycles. The predicted octanol–water partition coefficient (Wildman–Crippen LogP) is 2.68. The molecule has 0 saturated heterocycles. The lowest BCUT2D eigenvalue weighted by Gasteiger charge is -2.00. The zero-order valence-corrected chi connectivity index (χ0v) is 10.5. The molecule has 2 rings (SSSR count). The molecule has 0 aliphatic rings. The van der Waals surface area contributed by atoms with Gasteiger partial charge in [-0.05, 0) is 37.6 Å². The first-order valence-electron chi connectivity index (χ1n) is 6.00. The highest BCUT2D eigenvalue weighted by Crippen LogP contribution is 2.22. The summed E-state index contributed by atoms with van der Waals surface area (Å²) in [5.74, 6) is 0.571. The monoisotopic (exact) mass is 249 g/mol. The fraction of sp³-hybridized carbons (Fsp3) is 0.385. The third-order valence-electron chi connectivity index (χ3n) is 2.60. The van der Waals surface area contributed by atoms with Crippen molar-refractivity contribution >= 4 is 0 Å². The molecule has 1 aromatic heterocycles. The lowest BCUT2D eigenvalue weighted by Crippen LogP contribution is -2.13. The molecule has 0 amide bonds. The van der Waals surface area contributed by atoms with Crippen LogP contribution in [0.2, 0.25) is 0 Å². The molecule has 18 heavy (non-hydrogen) atoms. The molecule has 4 nitrogen and oxygen atoms in total. The number of hydrogen-bond acceptors (Lipinski definition) is 4. The summed E-state index contributed by atoms with van der Waals surface area (Å²) in [6.45, 7) is 5.40. The van der Waals surface area contributed by atoms with Gasteiger partial charge in [-0.2, -0.15) is 0 Å². The van der Waals surface area contributed by atoms with Crippen LogP contribution < -0.4 is 5.32 Å². The zero-order valence-electron chi connectivity index (χ0n) is 10.5. The van der Waals surface area contributed by atoms with Crippen LogP contribution in [0.3, 0.4) is 0 Å². The van der Waals surface area contributed by atoms with Crippen LogP contribution in [0, 0.1) is 12.7 Å². The minimum Gasteiger partial charge on any atom is -0.419 e. The van der Waals surface area contributed by atoms with Gasteiger partial charge in [0.2, 0.25) is 11.8 Å². The number of nitrogens with one attached hydrogen (secondary N) is 1. The van der Waals surface area contributed by atoms with Gasteiger partial charge >= 0.3 is 0 Å². The minimum absolute atomic E-state index is 0.306. The number of halogens is 1. The molecule has 2 aromatic rings. The van der Waals surface area contributed by atoms with E-state index >= 15 is 0 Å². The maximum absolute atomic E-state index is 13.2. The molecule has 0 spiro atoms. The largest absolute Gasteiger partial charge is 0.419 e. The fourth-order valence-electron chi connectivity index (χ4n) is 1.63. The molecule has 5 heteroatoms. The van der Waals surface area contributed by atoms with Crippen molar-refractivity contribution in [3.63, 3.8) is 0 Å². The van der Waals surface area contributed by atoms with Gasteiger partial charge in [0, 0.05) is 5.56 Å². The molecule has 0 saturated carbocycles. The van der Waals surface area contributed by atoms with E-state index in [9.17, 15) is 4.39 Å². The van der Waals surface area contributed by atoms with Gasteiger partial charge in [-0.25, -0.2) is 4.39 Å². The first kappa shape index (κ1) is 12.7. The van der Waals surface area contributed by atoms with Crippen LogP contribution in [0.4, 0.5) is 4.39 Å². The van der Waals surface area contributed by atoms with E-state index in [1.807, 2.05) is 6.92 Å². The molecule has 0 unspecified atom stereocenters. The fourth-order valence-corrected chi connectivity index (χ4v) is 1.63. The summed E-state index contributed by atoms with van der Waals surface area (Å²) in [5, 5.41) is 11.0. The quantitative estimate of drug-likeness (QED) is 0.828. The standard InChI is InChI=1S/C13H16FN3O/c1-3-6-15-8-12-16-17-13(18-12)11-7-10(14)5-4-9(11)2/h4-5,7,15H,3,6,8H2,1-2H3. The molecular weight excluding hydrogens is 233 g/mol. The summed E-state index contributed by atoms with van der Waals surface area (Å²) in [5.41, 5.74) is 1.55. The van der Waals surface area contributed by atoms with E-state index < -0.39 is 0 Å². The zero-order chi connectivity index (χ0) is 13.0. The Bertz CT molecular complexity index is 525. The van der Waals surface area contributed by atoms with Crippen molar-refractivity contribution in [2.45, 2.75) is 26.8 Å². The van der Waals surface area contributed by atoms with Crippen LogP contribution in [0.25, 0.3) is 11.5 Å². The third kappa shape index (κ3) is 2.92. The number of rotatable bonds is 5. The molecule has 96 valence electrons. The van der Waals surface area contributed by atoms with Crippen molar-refractivity contribution < 1.29 is 8.81 Å². The van der Waals surface area contributed by atoms with Crippen LogP contribution in [-0.2, 0) is 6.54 Å². The molecule has 0 radical (unpaired) electrons. The molecule has 0 aliphatic carbocycles. The van der Waals surface area contributed by atoms with Gasteiger partial charge in [0.25, 0.3) is 0 Å². The van der Waals surface area contributed by atoms with Crippen molar-refractivity contribution in [3.05, 3.63) is 35.5 Å². The Morgan fingerprint density at radius 3 is 2.94 bits per heavy atom. The van der Waals surface area contributed by atoms with Crippen molar-refractivity contribution in [2.24, 2.45) is 0 Å². The molecule has 1 aromatic carbocycles. The van der Waals surface area contributed by atoms with Crippen molar-refractivity contribution in [1.82, 2.24) is 15.5 Å². The van der Waals surface area contributed by atoms with E-state index in [1.165, 1.54) is 12.1 Å². The summed E-state index contributed by atoms with van der Waals surface area (Å²) < 4.78 is 18.7. The molecular formula is C13H16FN3O. The Hall–Kier alpha value is -1.75. The highest BCUT2D eigenvalue weighted by atomic mass is 19.1. The van der Waals surface area contributed by atoms with E-state index in [0.29, 0.717) is 23.9 Å². The molecule has 0 fully saturated rings. The second-order valence-electron chi connectivity index (χ2n) is 4.14. The topological polar surface area (TPSA) is 51.0 Å². The van der Waals surface area contributed by atoms with Crippen LogP contribution in [0.1, 0.15) is 24.8 Å². The molecule has 1 N–H and O–H groups in total. The molecule has 0 bridgehead atoms. The summed E-state index contributed by atoms with van der Waals surface area (Å²) in [6, 6.07) is 4.52. The van der Waals surface area contributed by atoms with Crippen molar-refractivity contribution in [2.75, 3.05) is 6.54 Å². The lowest BCUT2D eigenvalue weighted by molar-refractivity contribution is 0.477. The van der Waals surface area contributed by atoms with E-state index in [-0.39, 0.29) is 5.82 Å². The lowest BCUT2D eigenvalue weighted by atomic mass is 10.1. The van der Waals surface area contributed by atoms with Gasteiger partial charge < -0.3 is 9.73 Å². The van der Waals surface area contributed by atoms with Gasteiger partial charge in [0.15, 0.2) is 0 Å². The van der Waals surface area contributed by atoms with E-state index in [2.05, 4.69) is 22.4 Å². The third-order valence-corrected chi connectivity index (χ3v) is 2.60. The van der Waals surface area contributed by atoms with Crippen LogP contribution in [0.5, 0.6) is 0 Å². The number of aromatic nitrogens is 2. The van der Waals surface area contributed by atoms with E-state index in [0.717, 1.165) is 18.5 Å². The minimum atomic E-state index is -0.306. The highest BCUT2D eigenvalue weighted by molar-refractivity contribution is 5.57. The van der Waals surface area contributed by atoms with Gasteiger partial charge in [0.05, 0.1) is 6.54 Å². The predicted molar refractivity (Wildman–Crippen MR) is 66.4 cm³/mol. The number of nitrogens with zero attached hydrogens (tertiary/aromatic N) is 2. The van der Waals surface area contributed by atoms with Crippen molar-refractivity contribution in [1.29, 1.82) is 0 Å². The summed E-state index contributed by atoms with van der Waals surface area (Å²) in [7, 11) is 0. The Morgan fingerprint density at radius 1 is 1.33 bits per heavy atom. The van der Waals surface area contributed by atoms with E-state index in [4.69, 9.17) is 4.42 Å². The van der Waals surface area contributed by atoms with Crippen LogP contribution in [-0.4, -0.2) is 16.7 Å². The Balaban J connectivity index is 2.16. The molecule has 0 atom stereocenters. The van der Waals surface area contributed by atoms with Gasteiger partial charge in [0.1, 0.15) is 5.82 Å². The number of hydrogen-bond donors (Lipinski definition) is 1. The normalized spacial score (nSPS) is 10.8. The second kappa shape index (κ2) is 5.73. The van der Waals surface area contributed by atoms with Gasteiger partial charge in [-0.1, -0.05) is 13.0 Å². The van der Waals surface area contributed by atoms with E-state index in [1.54, 1.807) is 6.07 Å². The van der Waals surface area contributed by atoms with Crippen LogP contribution >= 0.6 is 0 Å². The summed E-state index contributed by atoms with van der Waals surface area (Å²) >= 11 is 0. The number of aryl methyl sites for hydroxylation is 1. The van der Waals surface area contributed by atoms with Crippen LogP contribution in [0.15, 0.2) is 22.6 Å². The first-order chi connectivity index (χ1) is 8.70. The average Bonchev–Trinajstić information content (AvgIpc) is 2.81. The summed E-state index contributed by atoms with van der Waals surface area (Å²) in [4.78, 5) is 0.